The molecule has 24 heavy (non-hydrogen) atoms. The highest BCUT2D eigenvalue weighted by atomic mass is 32.2. The molecule has 0 aromatic carbocycles. The Balaban J connectivity index is 1.41. The van der Waals surface area contributed by atoms with E-state index in [2.05, 4.69) is 10.8 Å². The van der Waals surface area contributed by atoms with Crippen LogP contribution in [-0.4, -0.2) is 45.6 Å². The van der Waals surface area contributed by atoms with Crippen molar-refractivity contribution in [2.75, 3.05) is 25.6 Å². The third-order valence-electron chi connectivity index (χ3n) is 5.85. The van der Waals surface area contributed by atoms with Gasteiger partial charge in [-0.15, -0.1) is 0 Å². The van der Waals surface area contributed by atoms with Gasteiger partial charge in [-0.1, -0.05) is 6.42 Å². The van der Waals surface area contributed by atoms with E-state index in [0.29, 0.717) is 18.3 Å². The van der Waals surface area contributed by atoms with Gasteiger partial charge in [-0.2, -0.15) is 5.26 Å². The van der Waals surface area contributed by atoms with Gasteiger partial charge in [0.2, 0.25) is 10.0 Å². The van der Waals surface area contributed by atoms with Crippen LogP contribution in [0.1, 0.15) is 57.8 Å². The molecule has 2 saturated carbocycles. The fraction of sp³-hybridized carbons (Fsp3) is 0.941. The molecule has 6 nitrogen and oxygen atoms in total. The van der Waals surface area contributed by atoms with E-state index in [-0.39, 0.29) is 18.4 Å². The van der Waals surface area contributed by atoms with Gasteiger partial charge in [-0.25, -0.2) is 13.1 Å². The molecule has 1 aliphatic heterocycles. The molecule has 7 heteroatoms. The summed E-state index contributed by atoms with van der Waals surface area (Å²) in [5.74, 6) is -0.0664. The van der Waals surface area contributed by atoms with E-state index < -0.39 is 15.6 Å². The van der Waals surface area contributed by atoms with Crippen LogP contribution in [0.15, 0.2) is 0 Å². The number of ether oxygens (including phenoxy) is 2. The van der Waals surface area contributed by atoms with Gasteiger partial charge in [0.05, 0.1) is 18.4 Å². The maximum atomic E-state index is 12.2. The number of nitrogens with one attached hydrogen (secondary N) is 1. The molecule has 0 radical (unpaired) electrons. The quantitative estimate of drug-likeness (QED) is 0.787. The Morgan fingerprint density at radius 2 is 1.79 bits per heavy atom. The lowest BCUT2D eigenvalue weighted by molar-refractivity contribution is -0.0409. The van der Waals surface area contributed by atoms with E-state index in [1.54, 1.807) is 0 Å². The summed E-state index contributed by atoms with van der Waals surface area (Å²) < 4.78 is 38.4. The van der Waals surface area contributed by atoms with Crippen LogP contribution in [0.3, 0.4) is 0 Å². The van der Waals surface area contributed by atoms with Gasteiger partial charge in [0.25, 0.3) is 0 Å². The Bertz CT molecular complexity index is 564. The summed E-state index contributed by atoms with van der Waals surface area (Å²) in [5.41, 5.74) is -0.467. The number of hydrogen-bond acceptors (Lipinski definition) is 5. The molecule has 1 saturated heterocycles. The van der Waals surface area contributed by atoms with Gasteiger partial charge in [0.15, 0.2) is 5.60 Å². The fourth-order valence-electron chi connectivity index (χ4n) is 4.35. The van der Waals surface area contributed by atoms with Gasteiger partial charge in [0, 0.05) is 19.3 Å². The van der Waals surface area contributed by atoms with Crippen molar-refractivity contribution in [1.29, 1.82) is 5.26 Å². The van der Waals surface area contributed by atoms with Crippen LogP contribution in [0.2, 0.25) is 0 Å². The number of sulfonamides is 1. The zero-order chi connectivity index (χ0) is 17.1. The Morgan fingerprint density at radius 3 is 2.42 bits per heavy atom. The highest BCUT2D eigenvalue weighted by Gasteiger charge is 2.46. The number of nitrogens with zero attached hydrogens (tertiary/aromatic N) is 1. The summed E-state index contributed by atoms with van der Waals surface area (Å²) in [6.07, 6.45) is 8.42. The molecule has 2 aliphatic carbocycles. The van der Waals surface area contributed by atoms with Crippen LogP contribution in [0.25, 0.3) is 0 Å². The zero-order valence-electron chi connectivity index (χ0n) is 14.3. The second kappa shape index (κ2) is 7.28. The van der Waals surface area contributed by atoms with E-state index in [0.717, 1.165) is 58.2 Å². The lowest BCUT2D eigenvalue weighted by atomic mass is 9.61. The van der Waals surface area contributed by atoms with Gasteiger partial charge in [-0.3, -0.25) is 0 Å². The molecule has 0 bridgehead atoms. The Labute approximate surface area is 144 Å². The lowest BCUT2D eigenvalue weighted by Crippen LogP contribution is -2.53. The minimum atomic E-state index is -3.35. The zero-order valence-corrected chi connectivity index (χ0v) is 15.1. The Morgan fingerprint density at radius 1 is 1.12 bits per heavy atom. The first kappa shape index (κ1) is 18.1. The van der Waals surface area contributed by atoms with Crippen molar-refractivity contribution in [2.45, 2.75) is 69.4 Å². The lowest BCUT2D eigenvalue weighted by Gasteiger charge is -2.50. The van der Waals surface area contributed by atoms with Crippen molar-refractivity contribution in [3.8, 4) is 6.07 Å². The third kappa shape index (κ3) is 4.29. The largest absolute Gasteiger partial charge is 0.381 e. The summed E-state index contributed by atoms with van der Waals surface area (Å²) in [6.45, 7) is 1.68. The van der Waals surface area contributed by atoms with E-state index in [1.165, 1.54) is 0 Å². The molecular weight excluding hydrogens is 328 g/mol. The average molecular weight is 356 g/mol. The summed E-state index contributed by atoms with van der Waals surface area (Å²) in [5, 5.41) is 9.35. The molecule has 0 aromatic heterocycles. The van der Waals surface area contributed by atoms with Crippen molar-refractivity contribution >= 4 is 10.0 Å². The third-order valence-corrected chi connectivity index (χ3v) is 7.25. The minimum Gasteiger partial charge on any atom is -0.381 e. The fourth-order valence-corrected chi connectivity index (χ4v) is 5.45. The smallest absolute Gasteiger partial charge is 0.214 e. The van der Waals surface area contributed by atoms with E-state index >= 15 is 0 Å². The molecule has 1 N–H and O–H groups in total. The second-order valence-corrected chi connectivity index (χ2v) is 9.54. The predicted molar refractivity (Wildman–Crippen MR) is 89.8 cm³/mol. The van der Waals surface area contributed by atoms with E-state index in [1.807, 2.05) is 0 Å². The van der Waals surface area contributed by atoms with Gasteiger partial charge >= 0.3 is 0 Å². The molecule has 1 heterocycles. The molecule has 0 amide bonds. The van der Waals surface area contributed by atoms with Gasteiger partial charge in [0.1, 0.15) is 0 Å². The molecule has 3 fully saturated rings. The standard InChI is InChI=1S/C17H28N2O4S/c18-14-17(4-2-1-3-5-17)23-10-11-24(20,21)19-15-12-16(13-15)6-8-22-9-7-16/h15,19H,1-13H2. The minimum absolute atomic E-state index is 0.0488. The molecular formula is C17H28N2O4S. The first-order chi connectivity index (χ1) is 11.5. The summed E-state index contributed by atoms with van der Waals surface area (Å²) in [4.78, 5) is 0. The van der Waals surface area contributed by atoms with E-state index in [4.69, 9.17) is 9.47 Å². The van der Waals surface area contributed by atoms with Crippen LogP contribution in [0, 0.1) is 16.7 Å². The number of hydrogen-bond donors (Lipinski definition) is 1. The van der Waals surface area contributed by atoms with Crippen molar-refractivity contribution in [2.24, 2.45) is 5.41 Å². The average Bonchev–Trinajstić information content (AvgIpc) is 2.55. The van der Waals surface area contributed by atoms with Crippen molar-refractivity contribution in [1.82, 2.24) is 4.72 Å². The maximum absolute atomic E-state index is 12.2. The van der Waals surface area contributed by atoms with E-state index in [9.17, 15) is 13.7 Å². The highest BCUT2D eigenvalue weighted by molar-refractivity contribution is 7.89. The highest BCUT2D eigenvalue weighted by Crippen LogP contribution is 2.48. The molecule has 0 unspecified atom stereocenters. The number of rotatable bonds is 6. The maximum Gasteiger partial charge on any atom is 0.214 e. The van der Waals surface area contributed by atoms with Crippen molar-refractivity contribution in [3.05, 3.63) is 0 Å². The summed E-state index contributed by atoms with van der Waals surface area (Å²) in [6, 6.07) is 2.31. The summed E-state index contributed by atoms with van der Waals surface area (Å²) in [7, 11) is -3.35. The van der Waals surface area contributed by atoms with Crippen LogP contribution < -0.4 is 4.72 Å². The van der Waals surface area contributed by atoms with Crippen molar-refractivity contribution in [3.63, 3.8) is 0 Å². The van der Waals surface area contributed by atoms with Crippen LogP contribution in [0.5, 0.6) is 0 Å². The first-order valence-corrected chi connectivity index (χ1v) is 10.7. The molecule has 3 aliphatic rings. The SMILES string of the molecule is N#CC1(OCCS(=O)(=O)NC2CC3(CCOCC3)C2)CCCCC1. The molecule has 0 aromatic rings. The normalized spacial score (nSPS) is 26.6. The first-order valence-electron chi connectivity index (χ1n) is 9.10. The molecule has 3 rings (SSSR count). The van der Waals surface area contributed by atoms with Crippen molar-refractivity contribution < 1.29 is 17.9 Å². The Hall–Kier alpha value is -0.680. The Kier molecular flexibility index (Phi) is 5.50. The monoisotopic (exact) mass is 356 g/mol. The molecule has 1 spiro atoms. The topological polar surface area (TPSA) is 88.4 Å². The summed E-state index contributed by atoms with van der Waals surface area (Å²) >= 11 is 0. The molecule has 136 valence electrons. The second-order valence-electron chi connectivity index (χ2n) is 7.67. The van der Waals surface area contributed by atoms with Crippen LogP contribution in [0.4, 0.5) is 0 Å². The van der Waals surface area contributed by atoms with Gasteiger partial charge < -0.3 is 9.47 Å². The number of nitriles is 1. The van der Waals surface area contributed by atoms with Crippen LogP contribution >= 0.6 is 0 Å². The molecule has 0 atom stereocenters. The predicted octanol–water partition coefficient (Wildman–Crippen LogP) is 2.11. The van der Waals surface area contributed by atoms with Gasteiger partial charge in [-0.05, 0) is 56.8 Å². The van der Waals surface area contributed by atoms with Crippen LogP contribution in [-0.2, 0) is 19.5 Å².